The predicted molar refractivity (Wildman–Crippen MR) is 87.5 cm³/mol. The van der Waals surface area contributed by atoms with Gasteiger partial charge in [0.05, 0.1) is 12.7 Å². The van der Waals surface area contributed by atoms with Crippen LogP contribution in [0.3, 0.4) is 0 Å². The summed E-state index contributed by atoms with van der Waals surface area (Å²) in [6, 6.07) is 9.51. The van der Waals surface area contributed by atoms with Crippen molar-refractivity contribution in [3.8, 4) is 0 Å². The van der Waals surface area contributed by atoms with Gasteiger partial charge in [0.1, 0.15) is 0 Å². The highest BCUT2D eigenvalue weighted by Gasteiger charge is 2.21. The molecule has 1 fully saturated rings. The SMILES string of the molecule is CC1CCCC(NCCOC2CCCc3ccccc32)C1. The van der Waals surface area contributed by atoms with Crippen LogP contribution in [0.4, 0.5) is 0 Å². The van der Waals surface area contributed by atoms with E-state index in [0.717, 1.165) is 25.1 Å². The number of benzene rings is 1. The Morgan fingerprint density at radius 2 is 2.05 bits per heavy atom. The number of hydrogen-bond acceptors (Lipinski definition) is 2. The van der Waals surface area contributed by atoms with Gasteiger partial charge >= 0.3 is 0 Å². The summed E-state index contributed by atoms with van der Waals surface area (Å²) in [6.07, 6.45) is 9.45. The summed E-state index contributed by atoms with van der Waals surface area (Å²) in [6.45, 7) is 4.21. The van der Waals surface area contributed by atoms with Crippen molar-refractivity contribution in [1.29, 1.82) is 0 Å². The number of nitrogens with one attached hydrogen (secondary N) is 1. The largest absolute Gasteiger partial charge is 0.372 e. The number of ether oxygens (including phenoxy) is 1. The smallest absolute Gasteiger partial charge is 0.0828 e. The van der Waals surface area contributed by atoms with E-state index in [2.05, 4.69) is 36.5 Å². The minimum atomic E-state index is 0.321. The van der Waals surface area contributed by atoms with E-state index >= 15 is 0 Å². The zero-order valence-electron chi connectivity index (χ0n) is 13.3. The fraction of sp³-hybridized carbons (Fsp3) is 0.684. The minimum Gasteiger partial charge on any atom is -0.372 e. The lowest BCUT2D eigenvalue weighted by Crippen LogP contribution is -2.35. The van der Waals surface area contributed by atoms with E-state index in [-0.39, 0.29) is 0 Å². The van der Waals surface area contributed by atoms with Gasteiger partial charge in [-0.25, -0.2) is 0 Å². The summed E-state index contributed by atoms with van der Waals surface area (Å²) in [5.74, 6) is 0.891. The van der Waals surface area contributed by atoms with Crippen molar-refractivity contribution in [2.24, 2.45) is 5.92 Å². The van der Waals surface area contributed by atoms with Gasteiger partial charge < -0.3 is 10.1 Å². The predicted octanol–water partition coefficient (Wildman–Crippen LogP) is 4.25. The second kappa shape index (κ2) is 7.42. The molecule has 3 rings (SSSR count). The first kappa shape index (κ1) is 15.1. The average Bonchev–Trinajstić information content (AvgIpc) is 2.52. The Kier molecular flexibility index (Phi) is 5.32. The molecule has 0 saturated heterocycles. The molecule has 3 unspecified atom stereocenters. The highest BCUT2D eigenvalue weighted by molar-refractivity contribution is 5.31. The monoisotopic (exact) mass is 287 g/mol. The molecule has 2 heteroatoms. The van der Waals surface area contributed by atoms with E-state index in [1.807, 2.05) is 0 Å². The topological polar surface area (TPSA) is 21.3 Å². The van der Waals surface area contributed by atoms with Gasteiger partial charge in [0, 0.05) is 12.6 Å². The molecule has 1 N–H and O–H groups in total. The molecular weight excluding hydrogens is 258 g/mol. The molecule has 0 radical (unpaired) electrons. The van der Waals surface area contributed by atoms with Crippen molar-refractivity contribution in [2.45, 2.75) is 64.0 Å². The molecule has 116 valence electrons. The second-order valence-corrected chi connectivity index (χ2v) is 6.87. The Hall–Kier alpha value is -0.860. The van der Waals surface area contributed by atoms with Crippen LogP contribution in [0.5, 0.6) is 0 Å². The molecule has 2 aliphatic rings. The first-order chi connectivity index (χ1) is 10.3. The van der Waals surface area contributed by atoms with E-state index in [0.29, 0.717) is 6.10 Å². The summed E-state index contributed by atoms with van der Waals surface area (Å²) in [4.78, 5) is 0. The Labute approximate surface area is 129 Å². The summed E-state index contributed by atoms with van der Waals surface area (Å²) in [7, 11) is 0. The number of fused-ring (bicyclic) bond motifs is 1. The summed E-state index contributed by atoms with van der Waals surface area (Å²) < 4.78 is 6.16. The zero-order valence-corrected chi connectivity index (χ0v) is 13.3. The molecule has 1 aromatic carbocycles. The fourth-order valence-electron chi connectivity index (χ4n) is 3.97. The molecule has 0 spiro atoms. The molecule has 0 amide bonds. The summed E-state index contributed by atoms with van der Waals surface area (Å²) >= 11 is 0. The Morgan fingerprint density at radius 1 is 1.14 bits per heavy atom. The molecule has 21 heavy (non-hydrogen) atoms. The molecular formula is C19H29NO. The van der Waals surface area contributed by atoms with E-state index in [1.165, 1.54) is 56.1 Å². The lowest BCUT2D eigenvalue weighted by Gasteiger charge is -2.29. The molecule has 3 atom stereocenters. The van der Waals surface area contributed by atoms with E-state index < -0.39 is 0 Å². The lowest BCUT2D eigenvalue weighted by atomic mass is 9.87. The lowest BCUT2D eigenvalue weighted by molar-refractivity contribution is 0.0407. The summed E-state index contributed by atoms with van der Waals surface area (Å²) in [5.41, 5.74) is 2.91. The van der Waals surface area contributed by atoms with Crippen LogP contribution in [-0.4, -0.2) is 19.2 Å². The van der Waals surface area contributed by atoms with Gasteiger partial charge in [0.2, 0.25) is 0 Å². The highest BCUT2D eigenvalue weighted by Crippen LogP contribution is 2.32. The normalized spacial score (nSPS) is 29.1. The molecule has 1 aromatic rings. The quantitative estimate of drug-likeness (QED) is 0.818. The van der Waals surface area contributed by atoms with Gasteiger partial charge in [-0.2, -0.15) is 0 Å². The molecule has 1 saturated carbocycles. The van der Waals surface area contributed by atoms with Crippen LogP contribution in [0.25, 0.3) is 0 Å². The first-order valence-corrected chi connectivity index (χ1v) is 8.75. The van der Waals surface area contributed by atoms with Crippen LogP contribution in [0.1, 0.15) is 62.7 Å². The van der Waals surface area contributed by atoms with Crippen LogP contribution < -0.4 is 5.32 Å². The first-order valence-electron chi connectivity index (χ1n) is 8.75. The third-order valence-electron chi connectivity index (χ3n) is 5.10. The van der Waals surface area contributed by atoms with E-state index in [9.17, 15) is 0 Å². The van der Waals surface area contributed by atoms with Crippen molar-refractivity contribution in [3.05, 3.63) is 35.4 Å². The number of rotatable bonds is 5. The third kappa shape index (κ3) is 4.08. The maximum absolute atomic E-state index is 6.16. The standard InChI is InChI=1S/C19H29NO/c1-15-6-4-9-17(14-15)20-12-13-21-19-11-5-8-16-7-2-3-10-18(16)19/h2-3,7,10,15,17,19-20H,4-6,8-9,11-14H2,1H3. The van der Waals surface area contributed by atoms with Crippen molar-refractivity contribution in [3.63, 3.8) is 0 Å². The van der Waals surface area contributed by atoms with Crippen molar-refractivity contribution in [2.75, 3.05) is 13.2 Å². The van der Waals surface area contributed by atoms with Crippen molar-refractivity contribution >= 4 is 0 Å². The van der Waals surface area contributed by atoms with Crippen LogP contribution in [0.15, 0.2) is 24.3 Å². The van der Waals surface area contributed by atoms with E-state index in [4.69, 9.17) is 4.74 Å². The van der Waals surface area contributed by atoms with Crippen LogP contribution >= 0.6 is 0 Å². The van der Waals surface area contributed by atoms with Crippen LogP contribution in [-0.2, 0) is 11.2 Å². The average molecular weight is 287 g/mol. The van der Waals surface area contributed by atoms with E-state index in [1.54, 1.807) is 0 Å². The number of hydrogen-bond donors (Lipinski definition) is 1. The van der Waals surface area contributed by atoms with Gasteiger partial charge in [0.15, 0.2) is 0 Å². The molecule has 2 nitrogen and oxygen atoms in total. The minimum absolute atomic E-state index is 0.321. The molecule has 0 heterocycles. The van der Waals surface area contributed by atoms with Gasteiger partial charge in [-0.3, -0.25) is 0 Å². The van der Waals surface area contributed by atoms with Gasteiger partial charge in [-0.15, -0.1) is 0 Å². The Morgan fingerprint density at radius 3 is 2.95 bits per heavy atom. The maximum Gasteiger partial charge on any atom is 0.0828 e. The van der Waals surface area contributed by atoms with Crippen molar-refractivity contribution < 1.29 is 4.74 Å². The van der Waals surface area contributed by atoms with Crippen LogP contribution in [0, 0.1) is 5.92 Å². The Balaban J connectivity index is 1.42. The molecule has 2 aliphatic carbocycles. The second-order valence-electron chi connectivity index (χ2n) is 6.87. The molecule has 0 aliphatic heterocycles. The maximum atomic E-state index is 6.16. The fourth-order valence-corrected chi connectivity index (χ4v) is 3.97. The summed E-state index contributed by atoms with van der Waals surface area (Å²) in [5, 5.41) is 3.69. The van der Waals surface area contributed by atoms with Gasteiger partial charge in [-0.1, -0.05) is 44.0 Å². The molecule has 0 bridgehead atoms. The Bertz CT molecular complexity index is 445. The van der Waals surface area contributed by atoms with Gasteiger partial charge in [-0.05, 0) is 49.1 Å². The van der Waals surface area contributed by atoms with Crippen molar-refractivity contribution in [1.82, 2.24) is 5.32 Å². The number of aryl methyl sites for hydroxylation is 1. The highest BCUT2D eigenvalue weighted by atomic mass is 16.5. The third-order valence-corrected chi connectivity index (χ3v) is 5.10. The van der Waals surface area contributed by atoms with Gasteiger partial charge in [0.25, 0.3) is 0 Å². The zero-order chi connectivity index (χ0) is 14.5. The molecule has 0 aromatic heterocycles. The van der Waals surface area contributed by atoms with Crippen LogP contribution in [0.2, 0.25) is 0 Å².